The number of nitrogens with zero attached hydrogens (tertiary/aromatic N) is 2. The summed E-state index contributed by atoms with van der Waals surface area (Å²) in [7, 11) is 0. The van der Waals surface area contributed by atoms with Crippen molar-refractivity contribution in [2.45, 2.75) is 32.4 Å². The van der Waals surface area contributed by atoms with Crippen LogP contribution in [-0.4, -0.2) is 60.7 Å². The van der Waals surface area contributed by atoms with Crippen molar-refractivity contribution >= 4 is 5.97 Å². The van der Waals surface area contributed by atoms with Crippen molar-refractivity contribution in [1.82, 2.24) is 20.5 Å². The van der Waals surface area contributed by atoms with Gasteiger partial charge in [-0.05, 0) is 32.4 Å². The van der Waals surface area contributed by atoms with Gasteiger partial charge in [-0.2, -0.15) is 0 Å². The maximum atomic E-state index is 12.5. The van der Waals surface area contributed by atoms with Gasteiger partial charge >= 0.3 is 5.97 Å². The van der Waals surface area contributed by atoms with Crippen LogP contribution in [0.4, 0.5) is 0 Å². The van der Waals surface area contributed by atoms with Crippen LogP contribution < -0.4 is 10.6 Å². The molecule has 2 heterocycles. The van der Waals surface area contributed by atoms with Gasteiger partial charge in [0.05, 0.1) is 0 Å². The number of piperazine rings is 1. The zero-order valence-electron chi connectivity index (χ0n) is 14.3. The van der Waals surface area contributed by atoms with E-state index in [1.54, 1.807) is 12.4 Å². The molecule has 0 amide bonds. The second kappa shape index (κ2) is 8.38. The molecule has 2 rings (SSSR count). The van der Waals surface area contributed by atoms with Gasteiger partial charge in [-0.1, -0.05) is 6.07 Å². The Balaban J connectivity index is 1.94. The Bertz CT molecular complexity index is 481. The van der Waals surface area contributed by atoms with E-state index in [-0.39, 0.29) is 5.97 Å². The molecule has 1 aliphatic rings. The Morgan fingerprint density at radius 2 is 2.17 bits per heavy atom. The summed E-state index contributed by atoms with van der Waals surface area (Å²) in [5.41, 5.74) is 0.333. The van der Waals surface area contributed by atoms with Crippen LogP contribution in [0.5, 0.6) is 0 Å². The van der Waals surface area contributed by atoms with Gasteiger partial charge in [-0.25, -0.2) is 4.79 Å². The van der Waals surface area contributed by atoms with Crippen LogP contribution in [0, 0.1) is 0 Å². The molecule has 6 nitrogen and oxygen atoms in total. The number of pyridine rings is 1. The van der Waals surface area contributed by atoms with Crippen LogP contribution >= 0.6 is 0 Å². The minimum atomic E-state index is -0.502. The monoisotopic (exact) mass is 320 g/mol. The van der Waals surface area contributed by atoms with Gasteiger partial charge in [0, 0.05) is 51.7 Å². The number of esters is 1. The molecular formula is C17H28N4O2. The fourth-order valence-corrected chi connectivity index (χ4v) is 2.55. The quantitative estimate of drug-likeness (QED) is 0.761. The average molecular weight is 320 g/mol. The van der Waals surface area contributed by atoms with Crippen molar-refractivity contribution in [2.75, 3.05) is 39.3 Å². The fourth-order valence-electron chi connectivity index (χ4n) is 2.55. The predicted molar refractivity (Wildman–Crippen MR) is 90.1 cm³/mol. The number of nitrogens with one attached hydrogen (secondary N) is 2. The number of hydrogen-bond donors (Lipinski definition) is 2. The highest BCUT2D eigenvalue weighted by atomic mass is 16.6. The van der Waals surface area contributed by atoms with Crippen LogP contribution in [0.2, 0.25) is 0 Å². The van der Waals surface area contributed by atoms with Crippen LogP contribution in [0.25, 0.3) is 0 Å². The lowest BCUT2D eigenvalue weighted by Crippen LogP contribution is -2.46. The van der Waals surface area contributed by atoms with Crippen LogP contribution in [0.1, 0.15) is 32.4 Å². The van der Waals surface area contributed by atoms with Gasteiger partial charge in [0.2, 0.25) is 0 Å². The molecule has 0 aliphatic carbocycles. The van der Waals surface area contributed by atoms with Gasteiger partial charge in [0.1, 0.15) is 11.6 Å². The Kier molecular flexibility index (Phi) is 6.50. The number of ether oxygens (including phenoxy) is 1. The molecule has 128 valence electrons. The Morgan fingerprint density at radius 1 is 1.43 bits per heavy atom. The molecule has 1 aromatic rings. The maximum Gasteiger partial charge on any atom is 0.328 e. The van der Waals surface area contributed by atoms with E-state index in [4.69, 9.17) is 4.74 Å². The summed E-state index contributed by atoms with van der Waals surface area (Å²) in [6.07, 6.45) is 3.42. The summed E-state index contributed by atoms with van der Waals surface area (Å²) in [5, 5.41) is 6.67. The molecule has 1 fully saturated rings. The lowest BCUT2D eigenvalue weighted by Gasteiger charge is -2.28. The summed E-state index contributed by atoms with van der Waals surface area (Å²) in [4.78, 5) is 19.0. The van der Waals surface area contributed by atoms with Crippen molar-refractivity contribution in [1.29, 1.82) is 0 Å². The summed E-state index contributed by atoms with van der Waals surface area (Å²) in [6.45, 7) is 11.4. The average Bonchev–Trinajstić information content (AvgIpc) is 2.51. The van der Waals surface area contributed by atoms with Crippen molar-refractivity contribution in [3.8, 4) is 0 Å². The molecule has 1 saturated heterocycles. The Morgan fingerprint density at radius 3 is 2.78 bits per heavy atom. The second-order valence-corrected chi connectivity index (χ2v) is 6.80. The lowest BCUT2D eigenvalue weighted by molar-refractivity contribution is -0.157. The number of hydrogen-bond acceptors (Lipinski definition) is 6. The molecular weight excluding hydrogens is 292 g/mol. The van der Waals surface area contributed by atoms with Crippen LogP contribution in [-0.2, 0) is 9.53 Å². The third kappa shape index (κ3) is 6.25. The number of aromatic nitrogens is 1. The van der Waals surface area contributed by atoms with Crippen LogP contribution in [0.15, 0.2) is 24.5 Å². The topological polar surface area (TPSA) is 66.5 Å². The van der Waals surface area contributed by atoms with Crippen molar-refractivity contribution < 1.29 is 9.53 Å². The largest absolute Gasteiger partial charge is 0.459 e. The third-order valence-corrected chi connectivity index (χ3v) is 3.65. The number of carbonyl (C=O) groups excluding carboxylic acids is 1. The van der Waals surface area contributed by atoms with Gasteiger partial charge < -0.3 is 10.1 Å². The minimum absolute atomic E-state index is 0.259. The van der Waals surface area contributed by atoms with E-state index in [1.807, 2.05) is 32.9 Å². The standard InChI is InChI=1S/C17H28N4O2/c1-17(2,3)23-16(22)15(14-5-4-6-19-13-14)20-9-12-21-10-7-18-8-11-21/h4-6,13,15,18,20H,7-12H2,1-3H3. The molecule has 6 heteroatoms. The second-order valence-electron chi connectivity index (χ2n) is 6.80. The normalized spacial score (nSPS) is 17.7. The maximum absolute atomic E-state index is 12.5. The molecule has 1 unspecified atom stereocenters. The highest BCUT2D eigenvalue weighted by molar-refractivity contribution is 5.77. The SMILES string of the molecule is CC(C)(C)OC(=O)C(NCCN1CCNCC1)c1cccnc1. The minimum Gasteiger partial charge on any atom is -0.459 e. The number of carbonyl (C=O) groups is 1. The van der Waals surface area contributed by atoms with E-state index < -0.39 is 11.6 Å². The summed E-state index contributed by atoms with van der Waals surface area (Å²) >= 11 is 0. The van der Waals surface area contributed by atoms with E-state index in [0.717, 1.165) is 44.8 Å². The van der Waals surface area contributed by atoms with Crippen molar-refractivity contribution in [2.24, 2.45) is 0 Å². The van der Waals surface area contributed by atoms with E-state index >= 15 is 0 Å². The summed E-state index contributed by atoms with van der Waals surface area (Å²) < 4.78 is 5.54. The first kappa shape index (κ1) is 17.8. The van der Waals surface area contributed by atoms with E-state index in [0.29, 0.717) is 0 Å². The Hall–Kier alpha value is -1.50. The molecule has 0 saturated carbocycles. The molecule has 0 radical (unpaired) electrons. The molecule has 0 bridgehead atoms. The molecule has 1 atom stereocenters. The van der Waals surface area contributed by atoms with E-state index in [1.165, 1.54) is 0 Å². The van der Waals surface area contributed by atoms with Gasteiger partial charge in [0.25, 0.3) is 0 Å². The zero-order chi connectivity index (χ0) is 16.7. The molecule has 1 aliphatic heterocycles. The lowest BCUT2D eigenvalue weighted by atomic mass is 10.1. The predicted octanol–water partition coefficient (Wildman–Crippen LogP) is 0.959. The molecule has 1 aromatic heterocycles. The van der Waals surface area contributed by atoms with Gasteiger partial charge in [0.15, 0.2) is 0 Å². The van der Waals surface area contributed by atoms with Gasteiger partial charge in [-0.15, -0.1) is 0 Å². The highest BCUT2D eigenvalue weighted by Gasteiger charge is 2.26. The first-order valence-electron chi connectivity index (χ1n) is 8.25. The fraction of sp³-hybridized carbons (Fsp3) is 0.647. The highest BCUT2D eigenvalue weighted by Crippen LogP contribution is 2.17. The molecule has 0 aromatic carbocycles. The summed E-state index contributed by atoms with van der Waals surface area (Å²) in [5.74, 6) is -0.259. The van der Waals surface area contributed by atoms with E-state index in [9.17, 15) is 4.79 Å². The smallest absolute Gasteiger partial charge is 0.328 e. The first-order chi connectivity index (χ1) is 11.0. The number of rotatable bonds is 6. The van der Waals surface area contributed by atoms with Crippen molar-refractivity contribution in [3.63, 3.8) is 0 Å². The molecule has 23 heavy (non-hydrogen) atoms. The first-order valence-corrected chi connectivity index (χ1v) is 8.25. The summed E-state index contributed by atoms with van der Waals surface area (Å²) in [6, 6.07) is 3.26. The zero-order valence-corrected chi connectivity index (χ0v) is 14.3. The van der Waals surface area contributed by atoms with Gasteiger partial charge in [-0.3, -0.25) is 15.2 Å². The van der Waals surface area contributed by atoms with Crippen molar-refractivity contribution in [3.05, 3.63) is 30.1 Å². The Labute approximate surface area is 138 Å². The molecule has 2 N–H and O–H groups in total. The van der Waals surface area contributed by atoms with E-state index in [2.05, 4.69) is 20.5 Å². The van der Waals surface area contributed by atoms with Crippen LogP contribution in [0.3, 0.4) is 0 Å². The molecule has 0 spiro atoms. The third-order valence-electron chi connectivity index (χ3n) is 3.65.